The van der Waals surface area contributed by atoms with Gasteiger partial charge in [0.05, 0.1) is 18.6 Å². The van der Waals surface area contributed by atoms with Crippen molar-refractivity contribution >= 4 is 23.4 Å². The smallest absolute Gasteiger partial charge is 0.251 e. The maximum atomic E-state index is 12.0. The van der Waals surface area contributed by atoms with E-state index in [1.54, 1.807) is 20.1 Å². The largest absolute Gasteiger partial charge is 0.495 e. The molecular formula is C15H17N3O3S. The van der Waals surface area contributed by atoms with Gasteiger partial charge >= 0.3 is 0 Å². The predicted molar refractivity (Wildman–Crippen MR) is 86.7 cm³/mol. The molecule has 0 fully saturated rings. The highest BCUT2D eigenvalue weighted by Crippen LogP contribution is 2.25. The highest BCUT2D eigenvalue weighted by atomic mass is 32.2. The molecule has 2 aromatic rings. The molecule has 2 N–H and O–H groups in total. The molecule has 0 radical (unpaired) electrons. The van der Waals surface area contributed by atoms with Crippen molar-refractivity contribution in [2.75, 3.05) is 18.2 Å². The van der Waals surface area contributed by atoms with Gasteiger partial charge in [0.25, 0.3) is 5.56 Å². The van der Waals surface area contributed by atoms with Crippen LogP contribution in [0.2, 0.25) is 0 Å². The minimum Gasteiger partial charge on any atom is -0.495 e. The Morgan fingerprint density at radius 2 is 2.14 bits per heavy atom. The van der Waals surface area contributed by atoms with Gasteiger partial charge in [-0.1, -0.05) is 17.8 Å². The Hall–Kier alpha value is -2.28. The summed E-state index contributed by atoms with van der Waals surface area (Å²) in [6.07, 6.45) is 0. The van der Waals surface area contributed by atoms with Crippen LogP contribution in [-0.2, 0) is 4.79 Å². The Morgan fingerprint density at radius 1 is 1.36 bits per heavy atom. The van der Waals surface area contributed by atoms with Crippen molar-refractivity contribution in [3.63, 3.8) is 0 Å². The molecule has 0 atom stereocenters. The summed E-state index contributed by atoms with van der Waals surface area (Å²) in [7, 11) is 1.55. The summed E-state index contributed by atoms with van der Waals surface area (Å²) < 4.78 is 5.21. The molecule has 0 aliphatic heterocycles. The molecule has 22 heavy (non-hydrogen) atoms. The Balaban J connectivity index is 2.01. The summed E-state index contributed by atoms with van der Waals surface area (Å²) in [5, 5.41) is 3.22. The molecule has 1 heterocycles. The fraction of sp³-hybridized carbons (Fsp3) is 0.267. The highest BCUT2D eigenvalue weighted by Gasteiger charge is 2.09. The molecule has 0 aliphatic rings. The molecule has 0 bridgehead atoms. The summed E-state index contributed by atoms with van der Waals surface area (Å²) in [4.78, 5) is 30.1. The molecule has 0 spiro atoms. The number of H-pyrrole nitrogens is 1. The fourth-order valence-electron chi connectivity index (χ4n) is 1.86. The molecule has 1 amide bonds. The molecule has 0 aliphatic carbocycles. The van der Waals surface area contributed by atoms with Gasteiger partial charge in [-0.2, -0.15) is 0 Å². The third kappa shape index (κ3) is 4.36. The van der Waals surface area contributed by atoms with Crippen molar-refractivity contribution in [2.45, 2.75) is 19.0 Å². The second-order valence-electron chi connectivity index (χ2n) is 4.73. The molecule has 6 nitrogen and oxygen atoms in total. The lowest BCUT2D eigenvalue weighted by Crippen LogP contribution is -2.16. The van der Waals surface area contributed by atoms with E-state index in [0.717, 1.165) is 5.56 Å². The molecule has 1 aromatic carbocycles. The standard InChI is InChI=1S/C15H17N3O3S/c1-9-4-5-12(21-3)11(6-9)17-14(20)8-22-15-16-10(2)7-13(19)18-15/h4-7H,8H2,1-3H3,(H,17,20)(H,16,18,19). The highest BCUT2D eigenvalue weighted by molar-refractivity contribution is 7.99. The van der Waals surface area contributed by atoms with Gasteiger partial charge in [-0.15, -0.1) is 0 Å². The van der Waals surface area contributed by atoms with Crippen LogP contribution in [0.5, 0.6) is 5.75 Å². The average Bonchev–Trinajstić information content (AvgIpc) is 2.44. The number of benzene rings is 1. The number of carbonyl (C=O) groups excluding carboxylic acids is 1. The minimum absolute atomic E-state index is 0.142. The third-order valence-corrected chi connectivity index (χ3v) is 3.69. The van der Waals surface area contributed by atoms with Crippen LogP contribution in [0.25, 0.3) is 0 Å². The fourth-order valence-corrected chi connectivity index (χ4v) is 2.58. The van der Waals surface area contributed by atoms with Gasteiger partial charge in [0.2, 0.25) is 5.91 Å². The molecule has 116 valence electrons. The number of aryl methyl sites for hydroxylation is 2. The van der Waals surface area contributed by atoms with E-state index in [2.05, 4.69) is 15.3 Å². The van der Waals surface area contributed by atoms with Gasteiger partial charge in [0, 0.05) is 11.8 Å². The molecule has 0 saturated heterocycles. The Morgan fingerprint density at radius 3 is 2.82 bits per heavy atom. The predicted octanol–water partition coefficient (Wildman–Crippen LogP) is 2.13. The number of nitrogens with zero attached hydrogens (tertiary/aromatic N) is 1. The van der Waals surface area contributed by atoms with E-state index in [4.69, 9.17) is 4.74 Å². The number of hydrogen-bond donors (Lipinski definition) is 2. The Kier molecular flexibility index (Phi) is 5.21. The number of hydrogen-bond acceptors (Lipinski definition) is 5. The number of rotatable bonds is 5. The van der Waals surface area contributed by atoms with Gasteiger partial charge in [-0.05, 0) is 31.5 Å². The minimum atomic E-state index is -0.226. The first-order valence-corrected chi connectivity index (χ1v) is 7.62. The summed E-state index contributed by atoms with van der Waals surface area (Å²) >= 11 is 1.17. The van der Waals surface area contributed by atoms with Crippen LogP contribution in [0.3, 0.4) is 0 Å². The van der Waals surface area contributed by atoms with Gasteiger partial charge in [-0.25, -0.2) is 4.98 Å². The van der Waals surface area contributed by atoms with Crippen molar-refractivity contribution in [1.29, 1.82) is 0 Å². The van der Waals surface area contributed by atoms with Gasteiger partial charge in [-0.3, -0.25) is 9.59 Å². The van der Waals surface area contributed by atoms with E-state index >= 15 is 0 Å². The van der Waals surface area contributed by atoms with E-state index in [0.29, 0.717) is 22.3 Å². The van der Waals surface area contributed by atoms with Crippen molar-refractivity contribution in [3.05, 3.63) is 45.9 Å². The lowest BCUT2D eigenvalue weighted by molar-refractivity contribution is -0.113. The number of thioether (sulfide) groups is 1. The van der Waals surface area contributed by atoms with Crippen molar-refractivity contribution in [2.24, 2.45) is 0 Å². The number of nitrogens with one attached hydrogen (secondary N) is 2. The zero-order chi connectivity index (χ0) is 16.1. The second-order valence-corrected chi connectivity index (χ2v) is 5.70. The number of amides is 1. The molecule has 7 heteroatoms. The van der Waals surface area contributed by atoms with Crippen molar-refractivity contribution in [3.8, 4) is 5.75 Å². The average molecular weight is 319 g/mol. The summed E-state index contributed by atoms with van der Waals surface area (Å²) in [5.41, 5.74) is 2.04. The van der Waals surface area contributed by atoms with Gasteiger partial charge in [0.1, 0.15) is 5.75 Å². The Labute approximate surface area is 132 Å². The molecule has 0 saturated carbocycles. The number of aromatic amines is 1. The van der Waals surface area contributed by atoms with Crippen LogP contribution in [-0.4, -0.2) is 28.7 Å². The van der Waals surface area contributed by atoms with E-state index in [9.17, 15) is 9.59 Å². The zero-order valence-corrected chi connectivity index (χ0v) is 13.4. The second kappa shape index (κ2) is 7.13. The first-order chi connectivity index (χ1) is 10.5. The van der Waals surface area contributed by atoms with Crippen LogP contribution < -0.4 is 15.6 Å². The molecule has 2 rings (SSSR count). The number of carbonyl (C=O) groups is 1. The maximum absolute atomic E-state index is 12.0. The third-order valence-electron chi connectivity index (χ3n) is 2.82. The first-order valence-electron chi connectivity index (χ1n) is 6.63. The van der Waals surface area contributed by atoms with Gasteiger partial charge in [0.15, 0.2) is 5.16 Å². The van der Waals surface area contributed by atoms with E-state index in [1.165, 1.54) is 17.8 Å². The van der Waals surface area contributed by atoms with Crippen molar-refractivity contribution in [1.82, 2.24) is 9.97 Å². The van der Waals surface area contributed by atoms with E-state index in [1.807, 2.05) is 19.1 Å². The molecular weight excluding hydrogens is 302 g/mol. The van der Waals surface area contributed by atoms with Crippen LogP contribution in [0, 0.1) is 13.8 Å². The summed E-state index contributed by atoms with van der Waals surface area (Å²) in [5.74, 6) is 0.549. The zero-order valence-electron chi connectivity index (χ0n) is 12.6. The monoisotopic (exact) mass is 319 g/mol. The number of anilines is 1. The Bertz CT molecular complexity index is 743. The number of ether oxygens (including phenoxy) is 1. The molecule has 0 unspecified atom stereocenters. The number of aromatic nitrogens is 2. The van der Waals surface area contributed by atoms with Crippen LogP contribution in [0.15, 0.2) is 34.2 Å². The molecule has 1 aromatic heterocycles. The quantitative estimate of drug-likeness (QED) is 0.651. The van der Waals surface area contributed by atoms with Crippen LogP contribution >= 0.6 is 11.8 Å². The van der Waals surface area contributed by atoms with Crippen LogP contribution in [0.4, 0.5) is 5.69 Å². The first kappa shape index (κ1) is 16.1. The maximum Gasteiger partial charge on any atom is 0.251 e. The van der Waals surface area contributed by atoms with E-state index < -0.39 is 0 Å². The lowest BCUT2D eigenvalue weighted by atomic mass is 10.2. The van der Waals surface area contributed by atoms with E-state index in [-0.39, 0.29) is 17.2 Å². The lowest BCUT2D eigenvalue weighted by Gasteiger charge is -2.10. The summed E-state index contributed by atoms with van der Waals surface area (Å²) in [6.45, 7) is 3.67. The van der Waals surface area contributed by atoms with Crippen LogP contribution in [0.1, 0.15) is 11.3 Å². The van der Waals surface area contributed by atoms with Crippen molar-refractivity contribution < 1.29 is 9.53 Å². The normalized spacial score (nSPS) is 10.3. The topological polar surface area (TPSA) is 84.1 Å². The van der Waals surface area contributed by atoms with Gasteiger partial charge < -0.3 is 15.0 Å². The summed E-state index contributed by atoms with van der Waals surface area (Å²) in [6, 6.07) is 6.96. The number of methoxy groups -OCH3 is 1. The SMILES string of the molecule is COc1ccc(C)cc1NC(=O)CSc1nc(C)cc(=O)[nH]1.